The Morgan fingerprint density at radius 3 is 2.43 bits per heavy atom. The number of nitrogens with zero attached hydrogens (tertiary/aromatic N) is 1. The molecule has 0 aliphatic carbocycles. The molecule has 0 saturated carbocycles. The average molecular weight is 314 g/mol. The summed E-state index contributed by atoms with van der Waals surface area (Å²) in [6.07, 6.45) is 1.99. The van der Waals surface area contributed by atoms with Gasteiger partial charge in [0.25, 0.3) is 5.69 Å². The molecule has 21 heavy (non-hydrogen) atoms. The van der Waals surface area contributed by atoms with Crippen molar-refractivity contribution in [2.45, 2.75) is 25.7 Å². The van der Waals surface area contributed by atoms with Crippen LogP contribution in [0.25, 0.3) is 0 Å². The van der Waals surface area contributed by atoms with Crippen LogP contribution in [0, 0.1) is 15.5 Å². The lowest BCUT2D eigenvalue weighted by Crippen LogP contribution is -2.58. The summed E-state index contributed by atoms with van der Waals surface area (Å²) in [7, 11) is 0. The first-order chi connectivity index (χ1) is 10.0. The monoisotopic (exact) mass is 313 g/mol. The Balaban J connectivity index is 1.89. The minimum atomic E-state index is -1.34. The molecule has 2 bridgehead atoms. The molecule has 0 amide bonds. The molecule has 7 heteroatoms. The lowest BCUT2D eigenvalue weighted by Gasteiger charge is -2.51. The normalized spacial score (nSPS) is 31.3. The van der Waals surface area contributed by atoms with Gasteiger partial charge in [-0.1, -0.05) is 24.9 Å². The highest BCUT2D eigenvalue weighted by molar-refractivity contribution is 6.32. The molecule has 6 nitrogen and oxygen atoms in total. The summed E-state index contributed by atoms with van der Waals surface area (Å²) in [4.78, 5) is 10.5. The van der Waals surface area contributed by atoms with Gasteiger partial charge in [0, 0.05) is 17.0 Å². The summed E-state index contributed by atoms with van der Waals surface area (Å²) < 4.78 is 17.3. The van der Waals surface area contributed by atoms with Gasteiger partial charge in [-0.25, -0.2) is 0 Å². The van der Waals surface area contributed by atoms with Crippen molar-refractivity contribution in [2.24, 2.45) is 5.41 Å². The lowest BCUT2D eigenvalue weighted by atomic mass is 9.83. The van der Waals surface area contributed by atoms with E-state index >= 15 is 0 Å². The van der Waals surface area contributed by atoms with Crippen LogP contribution in [0.15, 0.2) is 18.2 Å². The van der Waals surface area contributed by atoms with Gasteiger partial charge in [-0.05, 0) is 18.6 Å². The largest absolute Gasteiger partial charge is 0.323 e. The quantitative estimate of drug-likeness (QED) is 0.630. The van der Waals surface area contributed by atoms with E-state index in [-0.39, 0.29) is 16.1 Å². The Labute approximate surface area is 127 Å². The van der Waals surface area contributed by atoms with Crippen molar-refractivity contribution in [3.63, 3.8) is 0 Å². The van der Waals surface area contributed by atoms with Crippen molar-refractivity contribution in [3.05, 3.63) is 38.9 Å². The van der Waals surface area contributed by atoms with Crippen LogP contribution < -0.4 is 0 Å². The highest BCUT2D eigenvalue weighted by atomic mass is 35.5. The van der Waals surface area contributed by atoms with E-state index in [0.29, 0.717) is 25.4 Å². The predicted octanol–water partition coefficient (Wildman–Crippen LogP) is 3.22. The maximum atomic E-state index is 11.0. The number of hydrogen-bond acceptors (Lipinski definition) is 5. The van der Waals surface area contributed by atoms with E-state index in [0.717, 1.165) is 12.8 Å². The van der Waals surface area contributed by atoms with E-state index in [4.69, 9.17) is 25.8 Å². The van der Waals surface area contributed by atoms with E-state index < -0.39 is 10.9 Å². The van der Waals surface area contributed by atoms with Crippen LogP contribution in [0.5, 0.6) is 0 Å². The zero-order chi connectivity index (χ0) is 15.1. The molecule has 0 aromatic heterocycles. The van der Waals surface area contributed by atoms with Crippen LogP contribution >= 0.6 is 11.6 Å². The Morgan fingerprint density at radius 2 is 1.90 bits per heavy atom. The third kappa shape index (κ3) is 2.42. The number of benzene rings is 1. The van der Waals surface area contributed by atoms with Crippen molar-refractivity contribution in [1.82, 2.24) is 0 Å². The molecular weight excluding hydrogens is 298 g/mol. The molecule has 3 aliphatic rings. The van der Waals surface area contributed by atoms with Gasteiger partial charge in [-0.2, -0.15) is 0 Å². The van der Waals surface area contributed by atoms with Crippen LogP contribution in [0.2, 0.25) is 5.02 Å². The number of rotatable bonds is 4. The molecule has 4 rings (SSSR count). The number of hydrogen-bond donors (Lipinski definition) is 0. The highest BCUT2D eigenvalue weighted by Crippen LogP contribution is 2.47. The van der Waals surface area contributed by atoms with Crippen molar-refractivity contribution in [3.8, 4) is 0 Å². The number of ether oxygens (including phenoxy) is 3. The summed E-state index contributed by atoms with van der Waals surface area (Å²) in [5.41, 5.74) is 0.174. The molecule has 114 valence electrons. The van der Waals surface area contributed by atoms with E-state index in [1.54, 1.807) is 6.07 Å². The summed E-state index contributed by atoms with van der Waals surface area (Å²) in [6.45, 7) is 3.68. The van der Waals surface area contributed by atoms with Gasteiger partial charge in [0.1, 0.15) is 5.02 Å². The fourth-order valence-corrected chi connectivity index (χ4v) is 3.02. The number of halogens is 1. The number of nitro benzene ring substituents is 1. The van der Waals surface area contributed by atoms with E-state index in [1.807, 2.05) is 0 Å². The second kappa shape index (κ2) is 5.21. The third-order valence-corrected chi connectivity index (χ3v) is 4.30. The zero-order valence-electron chi connectivity index (χ0n) is 11.6. The standard InChI is InChI=1S/C14H16ClNO5/c1-2-5-13-7-19-14(20-8-13,21-9-13)10-3-4-11(15)12(6-10)16(17)18/h3-4,6H,2,5,7-9H2,1H3. The smallest absolute Gasteiger partial charge is 0.312 e. The van der Waals surface area contributed by atoms with Crippen LogP contribution in [0.4, 0.5) is 5.69 Å². The minimum absolute atomic E-state index is 0.0760. The van der Waals surface area contributed by atoms with Crippen LogP contribution in [0.3, 0.4) is 0 Å². The molecular formula is C14H16ClNO5. The fraction of sp³-hybridized carbons (Fsp3) is 0.571. The third-order valence-electron chi connectivity index (χ3n) is 3.98. The van der Waals surface area contributed by atoms with Crippen LogP contribution in [0.1, 0.15) is 25.3 Å². The van der Waals surface area contributed by atoms with Crippen molar-refractivity contribution < 1.29 is 19.1 Å². The molecule has 3 aliphatic heterocycles. The molecule has 3 heterocycles. The molecule has 0 N–H and O–H groups in total. The first-order valence-electron chi connectivity index (χ1n) is 6.87. The van der Waals surface area contributed by atoms with Crippen molar-refractivity contribution in [2.75, 3.05) is 19.8 Å². The Hall–Kier alpha value is -1.21. The van der Waals surface area contributed by atoms with Gasteiger partial charge in [-0.3, -0.25) is 10.1 Å². The van der Waals surface area contributed by atoms with E-state index in [9.17, 15) is 10.1 Å². The van der Waals surface area contributed by atoms with Gasteiger partial charge in [0.2, 0.25) is 0 Å². The molecule has 0 unspecified atom stereocenters. The summed E-state index contributed by atoms with van der Waals surface area (Å²) in [5.74, 6) is -1.34. The first kappa shape index (κ1) is 14.7. The second-order valence-corrected chi connectivity index (χ2v) is 6.00. The van der Waals surface area contributed by atoms with Crippen molar-refractivity contribution in [1.29, 1.82) is 0 Å². The highest BCUT2D eigenvalue weighted by Gasteiger charge is 2.53. The molecule has 0 radical (unpaired) electrons. The van der Waals surface area contributed by atoms with E-state index in [2.05, 4.69) is 6.92 Å². The average Bonchev–Trinajstić information content (AvgIpc) is 2.49. The van der Waals surface area contributed by atoms with Crippen LogP contribution in [-0.2, 0) is 20.2 Å². The van der Waals surface area contributed by atoms with Gasteiger partial charge in [-0.15, -0.1) is 0 Å². The first-order valence-corrected chi connectivity index (χ1v) is 7.24. The molecule has 0 spiro atoms. The number of fused-ring (bicyclic) bond motifs is 3. The van der Waals surface area contributed by atoms with Gasteiger partial charge < -0.3 is 14.2 Å². The zero-order valence-corrected chi connectivity index (χ0v) is 12.4. The molecule has 3 saturated heterocycles. The Morgan fingerprint density at radius 1 is 1.29 bits per heavy atom. The van der Waals surface area contributed by atoms with E-state index in [1.165, 1.54) is 12.1 Å². The molecule has 1 aromatic rings. The SMILES string of the molecule is CCCC12COC(c3ccc(Cl)c([N+](=O)[O-])c3)(OC1)OC2. The fourth-order valence-electron chi connectivity index (χ4n) is 2.83. The van der Waals surface area contributed by atoms with Gasteiger partial charge >= 0.3 is 5.97 Å². The van der Waals surface area contributed by atoms with Gasteiger partial charge in [0.15, 0.2) is 0 Å². The summed E-state index contributed by atoms with van der Waals surface area (Å²) >= 11 is 5.83. The Bertz CT molecular complexity index is 552. The van der Waals surface area contributed by atoms with Crippen LogP contribution in [-0.4, -0.2) is 24.7 Å². The maximum Gasteiger partial charge on any atom is 0.312 e. The lowest BCUT2D eigenvalue weighted by molar-refractivity contribution is -0.480. The molecule has 3 fully saturated rings. The molecule has 0 atom stereocenters. The second-order valence-electron chi connectivity index (χ2n) is 5.60. The maximum absolute atomic E-state index is 11.0. The Kier molecular flexibility index (Phi) is 3.65. The van der Waals surface area contributed by atoms with Gasteiger partial charge in [0.05, 0.1) is 24.7 Å². The summed E-state index contributed by atoms with van der Waals surface area (Å²) in [6, 6.07) is 4.44. The summed E-state index contributed by atoms with van der Waals surface area (Å²) in [5, 5.41) is 11.1. The molecule has 1 aromatic carbocycles. The topological polar surface area (TPSA) is 70.8 Å². The number of nitro groups is 1. The predicted molar refractivity (Wildman–Crippen MR) is 75.0 cm³/mol. The minimum Gasteiger partial charge on any atom is -0.323 e. The van der Waals surface area contributed by atoms with Crippen molar-refractivity contribution >= 4 is 17.3 Å².